The van der Waals surface area contributed by atoms with Gasteiger partial charge in [-0.05, 0) is 35.1 Å². The summed E-state index contributed by atoms with van der Waals surface area (Å²) in [6.45, 7) is 14.4. The largest absolute Gasteiger partial charge is 0.329 e. The van der Waals surface area contributed by atoms with Gasteiger partial charge in [-0.15, -0.1) is 0 Å². The van der Waals surface area contributed by atoms with Crippen LogP contribution in [0, 0.1) is 0 Å². The number of hydrogen-bond acceptors (Lipinski definition) is 4. The zero-order valence-corrected chi connectivity index (χ0v) is 15.1. The van der Waals surface area contributed by atoms with Crippen LogP contribution >= 0.6 is 11.9 Å². The molecule has 0 spiro atoms. The lowest BCUT2D eigenvalue weighted by atomic mass is 9.87. The van der Waals surface area contributed by atoms with Crippen LogP contribution in [-0.2, 0) is 5.41 Å². The molecule has 1 aromatic rings. The number of nitrogens with one attached hydrogen (secondary N) is 2. The molecule has 0 atom stereocenters. The van der Waals surface area contributed by atoms with Gasteiger partial charge in [0, 0.05) is 31.1 Å². The van der Waals surface area contributed by atoms with Gasteiger partial charge < -0.3 is 11.1 Å². The fourth-order valence-corrected chi connectivity index (χ4v) is 2.17. The zero-order valence-electron chi connectivity index (χ0n) is 14.3. The summed E-state index contributed by atoms with van der Waals surface area (Å²) in [7, 11) is 0. The normalized spacial score (nSPS) is 11.0. The molecule has 21 heavy (non-hydrogen) atoms. The minimum Gasteiger partial charge on any atom is -0.329 e. The summed E-state index contributed by atoms with van der Waals surface area (Å²) in [5.41, 5.74) is 6.99. The number of hydrogen-bond donors (Lipinski definition) is 3. The molecule has 1 aromatic carbocycles. The first kappa shape index (κ1) is 20.5. The van der Waals surface area contributed by atoms with Gasteiger partial charge in [0.1, 0.15) is 0 Å². The molecule has 0 unspecified atom stereocenters. The van der Waals surface area contributed by atoms with E-state index in [0.29, 0.717) is 6.54 Å². The molecule has 122 valence electrons. The molecule has 0 radical (unpaired) electrons. The number of benzene rings is 1. The Kier molecular flexibility index (Phi) is 11.7. The Morgan fingerprint density at radius 1 is 1.00 bits per heavy atom. The van der Waals surface area contributed by atoms with Crippen molar-refractivity contribution in [2.75, 3.05) is 26.2 Å². The first-order chi connectivity index (χ1) is 9.95. The monoisotopic (exact) mass is 311 g/mol. The second kappa shape index (κ2) is 12.0. The van der Waals surface area contributed by atoms with Crippen LogP contribution in [0.1, 0.15) is 46.6 Å². The Labute approximate surface area is 135 Å². The first-order valence-corrected chi connectivity index (χ1v) is 8.68. The van der Waals surface area contributed by atoms with E-state index in [9.17, 15) is 0 Å². The summed E-state index contributed by atoms with van der Waals surface area (Å²) in [5.74, 6) is 0. The molecule has 0 amide bonds. The fourth-order valence-electron chi connectivity index (χ4n) is 1.52. The molecule has 0 heterocycles. The van der Waals surface area contributed by atoms with Crippen molar-refractivity contribution in [2.45, 2.75) is 51.3 Å². The third-order valence-corrected chi connectivity index (χ3v) is 3.49. The highest BCUT2D eigenvalue weighted by atomic mass is 32.2. The maximum absolute atomic E-state index is 5.40. The molecule has 4 N–H and O–H groups in total. The summed E-state index contributed by atoms with van der Waals surface area (Å²) < 4.78 is 3.33. The molecule has 0 aromatic heterocycles. The van der Waals surface area contributed by atoms with Crippen molar-refractivity contribution in [3.63, 3.8) is 0 Å². The Morgan fingerprint density at radius 2 is 1.57 bits per heavy atom. The van der Waals surface area contributed by atoms with Gasteiger partial charge in [0.15, 0.2) is 0 Å². The van der Waals surface area contributed by atoms with E-state index in [4.69, 9.17) is 5.73 Å². The van der Waals surface area contributed by atoms with Crippen LogP contribution in [0.2, 0.25) is 0 Å². The summed E-state index contributed by atoms with van der Waals surface area (Å²) >= 11 is 1.68. The lowest BCUT2D eigenvalue weighted by molar-refractivity contribution is 0.589. The van der Waals surface area contributed by atoms with Gasteiger partial charge >= 0.3 is 0 Å². The topological polar surface area (TPSA) is 50.1 Å². The van der Waals surface area contributed by atoms with E-state index in [1.165, 1.54) is 16.9 Å². The molecular formula is C17H33N3S. The minimum atomic E-state index is 0.225. The average molecular weight is 312 g/mol. The lowest BCUT2D eigenvalue weighted by Crippen LogP contribution is -2.28. The highest BCUT2D eigenvalue weighted by Gasteiger charge is 2.12. The third kappa shape index (κ3) is 10.8. The van der Waals surface area contributed by atoms with E-state index < -0.39 is 0 Å². The highest BCUT2D eigenvalue weighted by molar-refractivity contribution is 7.97. The van der Waals surface area contributed by atoms with Crippen molar-refractivity contribution in [3.8, 4) is 0 Å². The molecular weight excluding hydrogens is 278 g/mol. The molecule has 0 saturated carbocycles. The molecule has 3 nitrogen and oxygen atoms in total. The Hall–Kier alpha value is -0.550. The van der Waals surface area contributed by atoms with E-state index in [2.05, 4.69) is 68.9 Å². The van der Waals surface area contributed by atoms with E-state index in [0.717, 1.165) is 19.6 Å². The van der Waals surface area contributed by atoms with Crippen molar-refractivity contribution in [1.29, 1.82) is 0 Å². The maximum Gasteiger partial charge on any atom is 0.0228 e. The Bertz CT molecular complexity index is 344. The second-order valence-corrected chi connectivity index (χ2v) is 6.98. The number of rotatable bonds is 7. The molecule has 1 rings (SSSR count). The summed E-state index contributed by atoms with van der Waals surface area (Å²) in [6.07, 6.45) is 1.25. The minimum absolute atomic E-state index is 0.225. The summed E-state index contributed by atoms with van der Waals surface area (Å²) in [5, 5.41) is 3.25. The Balaban J connectivity index is 0.00000122. The summed E-state index contributed by atoms with van der Waals surface area (Å²) in [4.78, 5) is 1.25. The van der Waals surface area contributed by atoms with E-state index in [1.54, 1.807) is 11.9 Å². The van der Waals surface area contributed by atoms with E-state index in [1.807, 2.05) is 0 Å². The van der Waals surface area contributed by atoms with Crippen LogP contribution in [0.3, 0.4) is 0 Å². The van der Waals surface area contributed by atoms with Gasteiger partial charge in [0.25, 0.3) is 0 Å². The van der Waals surface area contributed by atoms with Crippen LogP contribution in [-0.4, -0.2) is 26.2 Å². The SMILES string of the molecule is CC(C)(C)c1ccc(SNCCNCCN)cc1.CCC. The van der Waals surface area contributed by atoms with Crippen molar-refractivity contribution in [1.82, 2.24) is 10.0 Å². The van der Waals surface area contributed by atoms with Crippen molar-refractivity contribution in [2.24, 2.45) is 5.73 Å². The first-order valence-electron chi connectivity index (χ1n) is 7.86. The van der Waals surface area contributed by atoms with Gasteiger partial charge in [-0.3, -0.25) is 4.72 Å². The second-order valence-electron chi connectivity index (χ2n) is 6.02. The van der Waals surface area contributed by atoms with Crippen molar-refractivity contribution < 1.29 is 0 Å². The molecule has 0 fully saturated rings. The standard InChI is InChI=1S/C14H25N3S.C3H8/c1-14(2,3)12-4-6-13(7-5-12)18-17-11-10-16-9-8-15;1-3-2/h4-7,16-17H,8-11,15H2,1-3H3;3H2,1-2H3. The molecule has 0 aliphatic heterocycles. The predicted octanol–water partition coefficient (Wildman–Crippen LogP) is 3.55. The van der Waals surface area contributed by atoms with Gasteiger partial charge in [-0.1, -0.05) is 53.2 Å². The van der Waals surface area contributed by atoms with Crippen LogP contribution < -0.4 is 15.8 Å². The van der Waals surface area contributed by atoms with Gasteiger partial charge in [-0.25, -0.2) is 0 Å². The van der Waals surface area contributed by atoms with Crippen LogP contribution in [0.15, 0.2) is 29.2 Å². The molecule has 0 saturated heterocycles. The summed E-state index contributed by atoms with van der Waals surface area (Å²) in [6, 6.07) is 8.75. The van der Waals surface area contributed by atoms with Gasteiger partial charge in [-0.2, -0.15) is 0 Å². The van der Waals surface area contributed by atoms with E-state index in [-0.39, 0.29) is 5.41 Å². The predicted molar refractivity (Wildman–Crippen MR) is 96.9 cm³/mol. The maximum atomic E-state index is 5.40. The van der Waals surface area contributed by atoms with E-state index >= 15 is 0 Å². The van der Waals surface area contributed by atoms with Crippen molar-refractivity contribution in [3.05, 3.63) is 29.8 Å². The fraction of sp³-hybridized carbons (Fsp3) is 0.647. The highest BCUT2D eigenvalue weighted by Crippen LogP contribution is 2.24. The average Bonchev–Trinajstić information content (AvgIpc) is 2.43. The lowest BCUT2D eigenvalue weighted by Gasteiger charge is -2.19. The van der Waals surface area contributed by atoms with Crippen LogP contribution in [0.25, 0.3) is 0 Å². The molecule has 0 aliphatic rings. The Morgan fingerprint density at radius 3 is 2.05 bits per heavy atom. The quantitative estimate of drug-likeness (QED) is 0.532. The van der Waals surface area contributed by atoms with Crippen molar-refractivity contribution >= 4 is 11.9 Å². The third-order valence-electron chi connectivity index (χ3n) is 2.64. The van der Waals surface area contributed by atoms with Crippen LogP contribution in [0.4, 0.5) is 0 Å². The number of nitrogens with two attached hydrogens (primary N) is 1. The smallest absolute Gasteiger partial charge is 0.0228 e. The van der Waals surface area contributed by atoms with Gasteiger partial charge in [0.05, 0.1) is 0 Å². The molecule has 0 aliphatic carbocycles. The molecule has 4 heteroatoms. The van der Waals surface area contributed by atoms with Gasteiger partial charge in [0.2, 0.25) is 0 Å². The zero-order chi connectivity index (χ0) is 16.1. The van der Waals surface area contributed by atoms with Crippen LogP contribution in [0.5, 0.6) is 0 Å². The molecule has 0 bridgehead atoms.